The van der Waals surface area contributed by atoms with E-state index in [1.54, 1.807) is 6.07 Å². The molecule has 0 saturated heterocycles. The first-order valence-corrected chi connectivity index (χ1v) is 8.65. The van der Waals surface area contributed by atoms with Gasteiger partial charge in [-0.25, -0.2) is 4.39 Å². The van der Waals surface area contributed by atoms with Crippen LogP contribution in [0.15, 0.2) is 66.7 Å². The second-order valence-electron chi connectivity index (χ2n) is 6.25. The van der Waals surface area contributed by atoms with Crippen molar-refractivity contribution in [3.8, 4) is 0 Å². The molecule has 2 N–H and O–H groups in total. The minimum atomic E-state index is -0.838. The molecule has 0 aromatic heterocycles. The molecule has 3 aromatic carbocycles. The molecule has 3 rings (SSSR count). The fraction of sp³-hybridized carbons (Fsp3) is 0. The van der Waals surface area contributed by atoms with Gasteiger partial charge in [0.25, 0.3) is 23.2 Å². The van der Waals surface area contributed by atoms with Gasteiger partial charge in [0.1, 0.15) is 5.82 Å². The molecule has 0 heterocycles. The molecule has 0 radical (unpaired) electrons. The van der Waals surface area contributed by atoms with E-state index in [0.717, 1.165) is 30.3 Å². The summed E-state index contributed by atoms with van der Waals surface area (Å²) in [5.74, 6) is -1.80. The van der Waals surface area contributed by atoms with E-state index < -0.39 is 38.9 Å². The predicted molar refractivity (Wildman–Crippen MR) is 108 cm³/mol. The van der Waals surface area contributed by atoms with Crippen molar-refractivity contribution >= 4 is 34.6 Å². The number of nitrogens with zero attached hydrogens (tertiary/aromatic N) is 2. The summed E-state index contributed by atoms with van der Waals surface area (Å²) in [5.41, 5.74) is -0.700. The first-order chi connectivity index (χ1) is 14.7. The van der Waals surface area contributed by atoms with Gasteiger partial charge in [-0.2, -0.15) is 0 Å². The van der Waals surface area contributed by atoms with E-state index in [1.807, 2.05) is 0 Å². The number of rotatable bonds is 6. The largest absolute Gasteiger partial charge is 0.322 e. The van der Waals surface area contributed by atoms with Crippen molar-refractivity contribution in [3.05, 3.63) is 104 Å². The van der Waals surface area contributed by atoms with Crippen LogP contribution in [0.25, 0.3) is 0 Å². The van der Waals surface area contributed by atoms with Gasteiger partial charge in [0.2, 0.25) is 0 Å². The average Bonchev–Trinajstić information content (AvgIpc) is 2.74. The minimum absolute atomic E-state index is 0.222. The van der Waals surface area contributed by atoms with E-state index in [1.165, 1.54) is 30.3 Å². The average molecular weight is 424 g/mol. The molecule has 0 atom stereocenters. The SMILES string of the molecule is O=C(Nc1cccc(NC(=O)c2cc([N+](=O)[O-])cc([N+](=O)[O-])c2)c1)c1ccc(F)cc1. The van der Waals surface area contributed by atoms with Crippen molar-refractivity contribution in [1.29, 1.82) is 0 Å². The highest BCUT2D eigenvalue weighted by Crippen LogP contribution is 2.24. The topological polar surface area (TPSA) is 144 Å². The number of nitrogens with one attached hydrogen (secondary N) is 2. The third kappa shape index (κ3) is 5.23. The van der Waals surface area contributed by atoms with Gasteiger partial charge in [0, 0.05) is 29.1 Å². The van der Waals surface area contributed by atoms with Crippen LogP contribution in [-0.2, 0) is 0 Å². The third-order valence-electron chi connectivity index (χ3n) is 4.07. The Morgan fingerprint density at radius 1 is 0.710 bits per heavy atom. The minimum Gasteiger partial charge on any atom is -0.322 e. The molecule has 3 aromatic rings. The number of carbonyl (C=O) groups is 2. The number of halogens is 1. The van der Waals surface area contributed by atoms with Crippen LogP contribution in [0, 0.1) is 26.0 Å². The first kappa shape index (κ1) is 21.0. The number of amides is 2. The van der Waals surface area contributed by atoms with Crippen LogP contribution in [0.2, 0.25) is 0 Å². The Balaban J connectivity index is 1.78. The quantitative estimate of drug-likeness (QED) is 0.449. The van der Waals surface area contributed by atoms with Crippen molar-refractivity contribution in [2.24, 2.45) is 0 Å². The molecule has 2 amide bonds. The summed E-state index contributed by atoms with van der Waals surface area (Å²) in [5, 5.41) is 27.0. The Morgan fingerprint density at radius 2 is 1.19 bits per heavy atom. The fourth-order valence-corrected chi connectivity index (χ4v) is 2.62. The fourth-order valence-electron chi connectivity index (χ4n) is 2.62. The maximum Gasteiger partial charge on any atom is 0.277 e. The van der Waals surface area contributed by atoms with E-state index in [9.17, 15) is 34.2 Å². The summed E-state index contributed by atoms with van der Waals surface area (Å²) < 4.78 is 13.0. The van der Waals surface area contributed by atoms with E-state index in [-0.39, 0.29) is 16.8 Å². The molecule has 0 spiro atoms. The lowest BCUT2D eigenvalue weighted by Gasteiger charge is -2.09. The summed E-state index contributed by atoms with van der Waals surface area (Å²) in [6.45, 7) is 0. The molecule has 0 saturated carbocycles. The van der Waals surface area contributed by atoms with Crippen molar-refractivity contribution in [1.82, 2.24) is 0 Å². The molecule has 31 heavy (non-hydrogen) atoms. The van der Waals surface area contributed by atoms with Gasteiger partial charge < -0.3 is 10.6 Å². The number of carbonyl (C=O) groups excluding carboxylic acids is 2. The Kier molecular flexibility index (Phi) is 5.96. The smallest absolute Gasteiger partial charge is 0.277 e. The number of hydrogen-bond donors (Lipinski definition) is 2. The Hall–Kier alpha value is -4.67. The van der Waals surface area contributed by atoms with Crippen LogP contribution in [0.5, 0.6) is 0 Å². The van der Waals surface area contributed by atoms with Crippen molar-refractivity contribution < 1.29 is 23.8 Å². The number of non-ortho nitro benzene ring substituents is 2. The number of nitro benzene ring substituents is 2. The molecular weight excluding hydrogens is 411 g/mol. The van der Waals surface area contributed by atoms with E-state index in [0.29, 0.717) is 5.69 Å². The predicted octanol–water partition coefficient (Wildman–Crippen LogP) is 4.15. The van der Waals surface area contributed by atoms with E-state index >= 15 is 0 Å². The lowest BCUT2D eigenvalue weighted by atomic mass is 10.1. The van der Waals surface area contributed by atoms with Crippen LogP contribution in [0.3, 0.4) is 0 Å². The number of hydrogen-bond acceptors (Lipinski definition) is 6. The molecule has 0 fully saturated rings. The van der Waals surface area contributed by atoms with E-state index in [2.05, 4.69) is 10.6 Å². The molecule has 0 aliphatic rings. The van der Waals surface area contributed by atoms with Crippen molar-refractivity contribution in [2.45, 2.75) is 0 Å². The van der Waals surface area contributed by atoms with Crippen LogP contribution < -0.4 is 10.6 Å². The zero-order valence-electron chi connectivity index (χ0n) is 15.6. The Bertz CT molecular complexity index is 1160. The van der Waals surface area contributed by atoms with Crippen LogP contribution in [0.1, 0.15) is 20.7 Å². The number of benzene rings is 3. The molecule has 156 valence electrons. The first-order valence-electron chi connectivity index (χ1n) is 8.65. The summed E-state index contributed by atoms with van der Waals surface area (Å²) in [6.07, 6.45) is 0. The highest BCUT2D eigenvalue weighted by molar-refractivity contribution is 6.06. The van der Waals surface area contributed by atoms with E-state index in [4.69, 9.17) is 0 Å². The summed E-state index contributed by atoms with van der Waals surface area (Å²) in [4.78, 5) is 45.0. The van der Waals surface area contributed by atoms with Gasteiger partial charge >= 0.3 is 0 Å². The third-order valence-corrected chi connectivity index (χ3v) is 4.07. The molecule has 0 aliphatic heterocycles. The van der Waals surface area contributed by atoms with Gasteiger partial charge in [-0.3, -0.25) is 29.8 Å². The standard InChI is InChI=1S/C20H13FN4O6/c21-14-6-4-12(5-7-14)19(26)22-15-2-1-3-16(10-15)23-20(27)13-8-17(24(28)29)11-18(9-13)25(30)31/h1-11H,(H,22,26)(H,23,27). The molecule has 0 aliphatic carbocycles. The van der Waals surface area contributed by atoms with Crippen LogP contribution in [-0.4, -0.2) is 21.7 Å². The lowest BCUT2D eigenvalue weighted by molar-refractivity contribution is -0.394. The van der Waals surface area contributed by atoms with Crippen LogP contribution in [0.4, 0.5) is 27.1 Å². The molecule has 11 heteroatoms. The van der Waals surface area contributed by atoms with Gasteiger partial charge in [0.15, 0.2) is 0 Å². The monoisotopic (exact) mass is 424 g/mol. The summed E-state index contributed by atoms with van der Waals surface area (Å²) >= 11 is 0. The van der Waals surface area contributed by atoms with Crippen molar-refractivity contribution in [2.75, 3.05) is 10.6 Å². The zero-order valence-corrected chi connectivity index (χ0v) is 15.6. The Morgan fingerprint density at radius 3 is 1.68 bits per heavy atom. The zero-order chi connectivity index (χ0) is 22.5. The molecular formula is C20H13FN4O6. The maximum absolute atomic E-state index is 13.0. The highest BCUT2D eigenvalue weighted by Gasteiger charge is 2.20. The number of anilines is 2. The van der Waals surface area contributed by atoms with Gasteiger partial charge in [0.05, 0.1) is 21.5 Å². The Labute approximate surface area is 173 Å². The highest BCUT2D eigenvalue weighted by atomic mass is 19.1. The van der Waals surface area contributed by atoms with Crippen molar-refractivity contribution in [3.63, 3.8) is 0 Å². The molecule has 10 nitrogen and oxygen atoms in total. The number of nitro groups is 2. The maximum atomic E-state index is 13.0. The lowest BCUT2D eigenvalue weighted by Crippen LogP contribution is -2.14. The van der Waals surface area contributed by atoms with Gasteiger partial charge in [-0.05, 0) is 42.5 Å². The van der Waals surface area contributed by atoms with Gasteiger partial charge in [-0.1, -0.05) is 6.07 Å². The second-order valence-corrected chi connectivity index (χ2v) is 6.25. The molecule has 0 unspecified atom stereocenters. The van der Waals surface area contributed by atoms with Gasteiger partial charge in [-0.15, -0.1) is 0 Å². The second kappa shape index (κ2) is 8.78. The summed E-state index contributed by atoms with van der Waals surface area (Å²) in [6, 6.07) is 13.5. The molecule has 0 bridgehead atoms. The van der Waals surface area contributed by atoms with Crippen LogP contribution >= 0.6 is 0 Å². The summed E-state index contributed by atoms with van der Waals surface area (Å²) in [7, 11) is 0. The normalized spacial score (nSPS) is 10.2.